The van der Waals surface area contributed by atoms with Crippen molar-refractivity contribution in [3.8, 4) is 0 Å². The van der Waals surface area contributed by atoms with Crippen molar-refractivity contribution in [3.05, 3.63) is 17.5 Å². The van der Waals surface area contributed by atoms with Gasteiger partial charge in [-0.05, 0) is 18.4 Å². The Balaban J connectivity index is 2.24. The van der Waals surface area contributed by atoms with Crippen molar-refractivity contribution in [2.75, 3.05) is 0 Å². The van der Waals surface area contributed by atoms with E-state index in [1.165, 1.54) is 0 Å². The number of halogens is 3. The Hall–Kier alpha value is -1.00. The molecule has 2 rings (SSSR count). The molecular weight excluding hydrogens is 193 g/mol. The van der Waals surface area contributed by atoms with Crippen LogP contribution in [0.4, 0.5) is 13.2 Å². The Kier molecular flexibility index (Phi) is 2.05. The fourth-order valence-electron chi connectivity index (χ4n) is 1.92. The van der Waals surface area contributed by atoms with Crippen LogP contribution in [0.1, 0.15) is 17.7 Å². The number of alkyl halides is 3. The highest BCUT2D eigenvalue weighted by Crippen LogP contribution is 2.36. The second-order valence-electron chi connectivity index (χ2n) is 3.72. The van der Waals surface area contributed by atoms with Gasteiger partial charge in [-0.3, -0.25) is 4.68 Å². The molecule has 1 aromatic heterocycles. The highest BCUT2D eigenvalue weighted by molar-refractivity contribution is 5.21. The molecular formula is C9H11F3N2. The maximum atomic E-state index is 12.4. The van der Waals surface area contributed by atoms with Gasteiger partial charge in [-0.25, -0.2) is 0 Å². The third-order valence-electron chi connectivity index (χ3n) is 2.81. The molecule has 1 aliphatic carbocycles. The van der Waals surface area contributed by atoms with Gasteiger partial charge in [0.05, 0.1) is 12.1 Å². The molecule has 0 aliphatic heterocycles. The van der Waals surface area contributed by atoms with E-state index in [4.69, 9.17) is 0 Å². The lowest BCUT2D eigenvalue weighted by Crippen LogP contribution is -2.29. The Bertz CT molecular complexity index is 340. The van der Waals surface area contributed by atoms with Crippen LogP contribution in [0.5, 0.6) is 0 Å². The molecule has 1 aliphatic rings. The molecule has 0 fully saturated rings. The number of hydrogen-bond acceptors (Lipinski definition) is 1. The Morgan fingerprint density at radius 1 is 1.50 bits per heavy atom. The number of fused-ring (bicyclic) bond motifs is 1. The molecule has 0 unspecified atom stereocenters. The summed E-state index contributed by atoms with van der Waals surface area (Å²) in [5, 5.41) is 3.96. The molecule has 78 valence electrons. The normalized spacial score (nSPS) is 22.1. The molecule has 0 radical (unpaired) electrons. The first-order valence-electron chi connectivity index (χ1n) is 4.55. The third kappa shape index (κ3) is 1.51. The summed E-state index contributed by atoms with van der Waals surface area (Å²) in [5.41, 5.74) is 1.70. The minimum atomic E-state index is -4.07. The SMILES string of the molecule is Cn1ncc2c1C[C@@H](C(F)(F)F)CC2. The van der Waals surface area contributed by atoms with Gasteiger partial charge in [0, 0.05) is 19.2 Å². The Morgan fingerprint density at radius 3 is 2.86 bits per heavy atom. The fraction of sp³-hybridized carbons (Fsp3) is 0.667. The predicted octanol–water partition coefficient (Wildman–Crippen LogP) is 2.09. The fourth-order valence-corrected chi connectivity index (χ4v) is 1.92. The van der Waals surface area contributed by atoms with Gasteiger partial charge in [0.25, 0.3) is 0 Å². The van der Waals surface area contributed by atoms with Gasteiger partial charge in [-0.15, -0.1) is 0 Å². The van der Waals surface area contributed by atoms with Crippen LogP contribution in [0.25, 0.3) is 0 Å². The smallest absolute Gasteiger partial charge is 0.272 e. The summed E-state index contributed by atoms with van der Waals surface area (Å²) in [6.45, 7) is 0. The molecule has 14 heavy (non-hydrogen) atoms. The molecule has 2 nitrogen and oxygen atoms in total. The van der Waals surface area contributed by atoms with E-state index in [-0.39, 0.29) is 12.8 Å². The van der Waals surface area contributed by atoms with Crippen LogP contribution in [0, 0.1) is 5.92 Å². The lowest BCUT2D eigenvalue weighted by atomic mass is 9.87. The summed E-state index contributed by atoms with van der Waals surface area (Å²) in [6.07, 6.45) is -1.63. The lowest BCUT2D eigenvalue weighted by Gasteiger charge is -2.24. The Labute approximate surface area is 79.7 Å². The van der Waals surface area contributed by atoms with Crippen molar-refractivity contribution in [3.63, 3.8) is 0 Å². The van der Waals surface area contributed by atoms with Crippen molar-refractivity contribution in [2.24, 2.45) is 13.0 Å². The second kappa shape index (κ2) is 3.00. The zero-order chi connectivity index (χ0) is 10.3. The van der Waals surface area contributed by atoms with Crippen molar-refractivity contribution >= 4 is 0 Å². The van der Waals surface area contributed by atoms with E-state index in [1.54, 1.807) is 17.9 Å². The van der Waals surface area contributed by atoms with E-state index in [0.717, 1.165) is 11.3 Å². The molecule has 0 saturated carbocycles. The third-order valence-corrected chi connectivity index (χ3v) is 2.81. The molecule has 1 heterocycles. The average molecular weight is 204 g/mol. The zero-order valence-electron chi connectivity index (χ0n) is 7.80. The van der Waals surface area contributed by atoms with Crippen LogP contribution in [0.15, 0.2) is 6.20 Å². The lowest BCUT2D eigenvalue weighted by molar-refractivity contribution is -0.177. The maximum absolute atomic E-state index is 12.4. The van der Waals surface area contributed by atoms with Crippen molar-refractivity contribution in [1.29, 1.82) is 0 Å². The van der Waals surface area contributed by atoms with E-state index < -0.39 is 12.1 Å². The molecule has 0 N–H and O–H groups in total. The minimum Gasteiger partial charge on any atom is -0.272 e. The van der Waals surface area contributed by atoms with E-state index in [0.29, 0.717) is 6.42 Å². The first-order valence-corrected chi connectivity index (χ1v) is 4.55. The summed E-state index contributed by atoms with van der Waals surface area (Å²) < 4.78 is 38.9. The number of aryl methyl sites for hydroxylation is 2. The average Bonchev–Trinajstić information content (AvgIpc) is 2.46. The summed E-state index contributed by atoms with van der Waals surface area (Å²) in [4.78, 5) is 0. The molecule has 0 aromatic carbocycles. The van der Waals surface area contributed by atoms with Crippen molar-refractivity contribution in [2.45, 2.75) is 25.4 Å². The first-order chi connectivity index (χ1) is 6.48. The summed E-state index contributed by atoms with van der Waals surface area (Å²) in [6, 6.07) is 0. The van der Waals surface area contributed by atoms with Crippen LogP contribution in [0.2, 0.25) is 0 Å². The van der Waals surface area contributed by atoms with E-state index in [1.807, 2.05) is 0 Å². The molecule has 1 atom stereocenters. The topological polar surface area (TPSA) is 17.8 Å². The summed E-state index contributed by atoms with van der Waals surface area (Å²) >= 11 is 0. The first kappa shape index (κ1) is 9.55. The van der Waals surface area contributed by atoms with Crippen molar-refractivity contribution < 1.29 is 13.2 Å². The Morgan fingerprint density at radius 2 is 2.21 bits per heavy atom. The van der Waals surface area contributed by atoms with Gasteiger partial charge in [0.15, 0.2) is 0 Å². The molecule has 1 aromatic rings. The van der Waals surface area contributed by atoms with Gasteiger partial charge in [0.1, 0.15) is 0 Å². The largest absolute Gasteiger partial charge is 0.392 e. The molecule has 0 bridgehead atoms. The highest BCUT2D eigenvalue weighted by atomic mass is 19.4. The van der Waals surface area contributed by atoms with Crippen LogP contribution in [-0.2, 0) is 19.9 Å². The van der Waals surface area contributed by atoms with Gasteiger partial charge >= 0.3 is 6.18 Å². The second-order valence-corrected chi connectivity index (χ2v) is 3.72. The predicted molar refractivity (Wildman–Crippen MR) is 44.8 cm³/mol. The van der Waals surface area contributed by atoms with E-state index in [2.05, 4.69) is 5.10 Å². The van der Waals surface area contributed by atoms with Gasteiger partial charge in [-0.1, -0.05) is 0 Å². The van der Waals surface area contributed by atoms with Crippen LogP contribution in [0.3, 0.4) is 0 Å². The molecule has 0 amide bonds. The van der Waals surface area contributed by atoms with E-state index >= 15 is 0 Å². The van der Waals surface area contributed by atoms with Crippen LogP contribution < -0.4 is 0 Å². The van der Waals surface area contributed by atoms with Crippen molar-refractivity contribution in [1.82, 2.24) is 9.78 Å². The number of hydrogen-bond donors (Lipinski definition) is 0. The standard InChI is InChI=1S/C9H11F3N2/c1-14-8-4-7(9(10,11)12)3-2-6(8)5-13-14/h5,7H,2-4H2,1H3/t7-/m0/s1. The van der Waals surface area contributed by atoms with Crippen LogP contribution >= 0.6 is 0 Å². The monoisotopic (exact) mass is 204 g/mol. The van der Waals surface area contributed by atoms with Gasteiger partial charge in [0.2, 0.25) is 0 Å². The number of rotatable bonds is 0. The van der Waals surface area contributed by atoms with Gasteiger partial charge in [-0.2, -0.15) is 18.3 Å². The summed E-state index contributed by atoms with van der Waals surface area (Å²) in [7, 11) is 1.69. The van der Waals surface area contributed by atoms with Gasteiger partial charge < -0.3 is 0 Å². The molecule has 0 spiro atoms. The summed E-state index contributed by atoms with van der Waals surface area (Å²) in [5.74, 6) is -1.19. The maximum Gasteiger partial charge on any atom is 0.392 e. The number of aromatic nitrogens is 2. The number of nitrogens with zero attached hydrogens (tertiary/aromatic N) is 2. The molecule has 5 heteroatoms. The quantitative estimate of drug-likeness (QED) is 0.632. The zero-order valence-corrected chi connectivity index (χ0v) is 7.80. The molecule has 0 saturated heterocycles. The highest BCUT2D eigenvalue weighted by Gasteiger charge is 2.41. The minimum absolute atomic E-state index is 0.0787. The van der Waals surface area contributed by atoms with Crippen LogP contribution in [-0.4, -0.2) is 16.0 Å². The van der Waals surface area contributed by atoms with E-state index in [9.17, 15) is 13.2 Å².